The molecule has 5 aromatic rings. The van der Waals surface area contributed by atoms with E-state index >= 15 is 0 Å². The fourth-order valence-electron chi connectivity index (χ4n) is 3.39. The van der Waals surface area contributed by atoms with Crippen LogP contribution in [0.5, 0.6) is 0 Å². The Balaban J connectivity index is 1.39. The van der Waals surface area contributed by atoms with Crippen LogP contribution in [0.25, 0.3) is 21.5 Å². The Hall–Kier alpha value is -3.22. The zero-order chi connectivity index (χ0) is 20.3. The summed E-state index contributed by atoms with van der Waals surface area (Å²) in [4.78, 5) is 17.5. The summed E-state index contributed by atoms with van der Waals surface area (Å²) in [6.07, 6.45) is 0.226. The highest BCUT2D eigenvalue weighted by molar-refractivity contribution is 7.14. The summed E-state index contributed by atoms with van der Waals surface area (Å²) in [5, 5.41) is 11.1. The van der Waals surface area contributed by atoms with E-state index in [-0.39, 0.29) is 18.4 Å². The molecular weight excluding hydrogens is 412 g/mol. The lowest BCUT2D eigenvalue weighted by Crippen LogP contribution is -2.30. The Morgan fingerprint density at radius 1 is 1.03 bits per heavy atom. The van der Waals surface area contributed by atoms with Gasteiger partial charge in [0.1, 0.15) is 22.4 Å². The number of fused-ring (bicyclic) bond motifs is 1. The molecule has 1 atom stereocenters. The van der Waals surface area contributed by atoms with E-state index in [0.29, 0.717) is 5.76 Å². The third-order valence-corrected chi connectivity index (χ3v) is 6.45. The largest absolute Gasteiger partial charge is 0.459 e. The SMILES string of the molecule is O=C(Cc1csc(-c2ccsc2)n1)N[C@@H](c1ccccc1)c1cc2ccccc2o1. The number of para-hydroxylation sites is 1. The van der Waals surface area contributed by atoms with Gasteiger partial charge in [-0.3, -0.25) is 4.79 Å². The fourth-order valence-corrected chi connectivity index (χ4v) is 4.92. The van der Waals surface area contributed by atoms with Crippen molar-refractivity contribution < 1.29 is 9.21 Å². The molecule has 4 nitrogen and oxygen atoms in total. The van der Waals surface area contributed by atoms with Crippen LogP contribution in [0.4, 0.5) is 0 Å². The monoisotopic (exact) mass is 430 g/mol. The van der Waals surface area contributed by atoms with Crippen LogP contribution in [0, 0.1) is 0 Å². The minimum atomic E-state index is -0.360. The second-order valence-corrected chi connectivity index (χ2v) is 8.57. The standard InChI is InChI=1S/C24H18N2O2S2/c27-22(13-19-15-30-24(25-19)18-10-11-29-14-18)26-23(16-6-2-1-3-7-16)21-12-17-8-4-5-9-20(17)28-21/h1-12,14-15,23H,13H2,(H,26,27)/t23-/m0/s1. The van der Waals surface area contributed by atoms with Gasteiger partial charge in [0.05, 0.1) is 12.1 Å². The summed E-state index contributed by atoms with van der Waals surface area (Å²) in [6.45, 7) is 0. The van der Waals surface area contributed by atoms with Gasteiger partial charge in [-0.25, -0.2) is 4.98 Å². The van der Waals surface area contributed by atoms with E-state index in [1.807, 2.05) is 77.5 Å². The molecule has 0 aliphatic heterocycles. The van der Waals surface area contributed by atoms with Crippen LogP contribution in [-0.4, -0.2) is 10.9 Å². The lowest BCUT2D eigenvalue weighted by atomic mass is 10.0. The van der Waals surface area contributed by atoms with E-state index in [2.05, 4.69) is 15.7 Å². The smallest absolute Gasteiger partial charge is 0.226 e. The Morgan fingerprint density at radius 3 is 2.67 bits per heavy atom. The highest BCUT2D eigenvalue weighted by atomic mass is 32.1. The number of rotatable bonds is 6. The molecule has 1 N–H and O–H groups in total. The van der Waals surface area contributed by atoms with Crippen LogP contribution in [0.15, 0.2) is 87.3 Å². The molecule has 0 aliphatic rings. The normalized spacial score (nSPS) is 12.1. The predicted molar refractivity (Wildman–Crippen MR) is 122 cm³/mol. The van der Waals surface area contributed by atoms with E-state index in [1.165, 1.54) is 0 Å². The maximum atomic E-state index is 12.9. The molecule has 148 valence electrons. The highest BCUT2D eigenvalue weighted by Crippen LogP contribution is 2.29. The molecule has 0 aliphatic carbocycles. The van der Waals surface area contributed by atoms with Crippen molar-refractivity contribution >= 4 is 39.5 Å². The minimum absolute atomic E-state index is 0.0912. The number of amides is 1. The number of hydrogen-bond acceptors (Lipinski definition) is 5. The number of thiophene rings is 1. The third kappa shape index (κ3) is 3.92. The number of hydrogen-bond donors (Lipinski definition) is 1. The number of aromatic nitrogens is 1. The molecule has 0 saturated carbocycles. The summed E-state index contributed by atoms with van der Waals surface area (Å²) in [5.41, 5.74) is 3.65. The maximum Gasteiger partial charge on any atom is 0.226 e. The number of carbonyl (C=O) groups is 1. The van der Waals surface area contributed by atoms with Gasteiger partial charge < -0.3 is 9.73 Å². The molecule has 1 amide bonds. The summed E-state index contributed by atoms with van der Waals surface area (Å²) < 4.78 is 6.06. The van der Waals surface area contributed by atoms with Gasteiger partial charge in [0.2, 0.25) is 5.91 Å². The number of thiazole rings is 1. The van der Waals surface area contributed by atoms with Crippen molar-refractivity contribution in [3.63, 3.8) is 0 Å². The van der Waals surface area contributed by atoms with Crippen LogP contribution in [0.2, 0.25) is 0 Å². The second-order valence-electron chi connectivity index (χ2n) is 6.93. The molecule has 3 aromatic heterocycles. The van der Waals surface area contributed by atoms with Crippen LogP contribution in [-0.2, 0) is 11.2 Å². The molecule has 30 heavy (non-hydrogen) atoms. The number of nitrogens with zero attached hydrogens (tertiary/aromatic N) is 1. The molecule has 3 heterocycles. The topological polar surface area (TPSA) is 55.1 Å². The first-order chi connectivity index (χ1) is 14.8. The number of benzene rings is 2. The average Bonchev–Trinajstić information content (AvgIpc) is 3.52. The highest BCUT2D eigenvalue weighted by Gasteiger charge is 2.21. The summed E-state index contributed by atoms with van der Waals surface area (Å²) >= 11 is 3.20. The zero-order valence-corrected chi connectivity index (χ0v) is 17.6. The number of carbonyl (C=O) groups excluding carboxylic acids is 1. The number of furan rings is 1. The minimum Gasteiger partial charge on any atom is -0.459 e. The van der Waals surface area contributed by atoms with E-state index in [4.69, 9.17) is 4.42 Å². The average molecular weight is 431 g/mol. The maximum absolute atomic E-state index is 12.9. The molecule has 0 saturated heterocycles. The lowest BCUT2D eigenvalue weighted by Gasteiger charge is -2.17. The van der Waals surface area contributed by atoms with Gasteiger partial charge in [-0.2, -0.15) is 11.3 Å². The number of nitrogens with one attached hydrogen (secondary N) is 1. The summed E-state index contributed by atoms with van der Waals surface area (Å²) in [7, 11) is 0. The second kappa shape index (κ2) is 8.26. The van der Waals surface area contributed by atoms with Crippen LogP contribution >= 0.6 is 22.7 Å². The van der Waals surface area contributed by atoms with E-state index in [0.717, 1.165) is 32.8 Å². The van der Waals surface area contributed by atoms with E-state index < -0.39 is 0 Å². The van der Waals surface area contributed by atoms with E-state index in [9.17, 15) is 4.79 Å². The quantitative estimate of drug-likeness (QED) is 0.356. The predicted octanol–water partition coefficient (Wildman–Crippen LogP) is 6.07. The molecule has 0 radical (unpaired) electrons. The molecule has 0 bridgehead atoms. The summed E-state index contributed by atoms with van der Waals surface area (Å²) in [6, 6.07) is 21.4. The molecule has 0 spiro atoms. The van der Waals surface area contributed by atoms with Crippen LogP contribution < -0.4 is 5.32 Å². The Morgan fingerprint density at radius 2 is 1.87 bits per heavy atom. The van der Waals surface area contributed by atoms with Crippen molar-refractivity contribution in [1.29, 1.82) is 0 Å². The van der Waals surface area contributed by atoms with Gasteiger partial charge in [0, 0.05) is 21.7 Å². The van der Waals surface area contributed by atoms with Crippen molar-refractivity contribution in [2.24, 2.45) is 0 Å². The van der Waals surface area contributed by atoms with Gasteiger partial charge in [-0.15, -0.1) is 11.3 Å². The Bertz CT molecular complexity index is 1240. The van der Waals surface area contributed by atoms with Crippen molar-refractivity contribution in [2.45, 2.75) is 12.5 Å². The fraction of sp³-hybridized carbons (Fsp3) is 0.0833. The third-order valence-electron chi connectivity index (χ3n) is 4.83. The van der Waals surface area contributed by atoms with Crippen LogP contribution in [0.1, 0.15) is 23.1 Å². The molecular formula is C24H18N2O2S2. The van der Waals surface area contributed by atoms with Crippen molar-refractivity contribution in [1.82, 2.24) is 10.3 Å². The molecule has 2 aromatic carbocycles. The van der Waals surface area contributed by atoms with Crippen molar-refractivity contribution in [2.75, 3.05) is 0 Å². The lowest BCUT2D eigenvalue weighted by molar-refractivity contribution is -0.121. The van der Waals surface area contributed by atoms with Crippen molar-refractivity contribution in [3.8, 4) is 10.6 Å². The van der Waals surface area contributed by atoms with Gasteiger partial charge in [0.15, 0.2) is 0 Å². The molecule has 5 rings (SSSR count). The van der Waals surface area contributed by atoms with E-state index in [1.54, 1.807) is 22.7 Å². The van der Waals surface area contributed by atoms with Gasteiger partial charge in [-0.05, 0) is 29.1 Å². The van der Waals surface area contributed by atoms with Crippen LogP contribution in [0.3, 0.4) is 0 Å². The zero-order valence-electron chi connectivity index (χ0n) is 15.9. The van der Waals surface area contributed by atoms with Gasteiger partial charge in [0.25, 0.3) is 0 Å². The molecule has 0 unspecified atom stereocenters. The first-order valence-corrected chi connectivity index (χ1v) is 11.4. The van der Waals surface area contributed by atoms with Crippen molar-refractivity contribution in [3.05, 3.63) is 99.9 Å². The van der Waals surface area contributed by atoms with Gasteiger partial charge >= 0.3 is 0 Å². The molecule has 0 fully saturated rings. The Labute approximate surface area is 181 Å². The Kier molecular flexibility index (Phi) is 5.17. The first-order valence-electron chi connectivity index (χ1n) is 9.56. The molecule has 6 heteroatoms. The first kappa shape index (κ1) is 18.8. The summed E-state index contributed by atoms with van der Waals surface area (Å²) in [5.74, 6) is 0.625. The van der Waals surface area contributed by atoms with Gasteiger partial charge in [-0.1, -0.05) is 48.5 Å².